The van der Waals surface area contributed by atoms with Crippen LogP contribution in [0, 0.1) is 12.3 Å². The van der Waals surface area contributed by atoms with E-state index in [9.17, 15) is 0 Å². The minimum absolute atomic E-state index is 0.582. The highest BCUT2D eigenvalue weighted by Gasteiger charge is 2.30. The van der Waals surface area contributed by atoms with E-state index in [2.05, 4.69) is 24.1 Å². The van der Waals surface area contributed by atoms with Gasteiger partial charge in [-0.2, -0.15) is 0 Å². The molecule has 1 aromatic heterocycles. The first-order valence-corrected chi connectivity index (χ1v) is 6.17. The molecule has 0 bridgehead atoms. The summed E-state index contributed by atoms with van der Waals surface area (Å²) in [6.45, 7) is 6.61. The summed E-state index contributed by atoms with van der Waals surface area (Å²) in [7, 11) is 0. The van der Waals surface area contributed by atoms with Gasteiger partial charge < -0.3 is 5.32 Å². The van der Waals surface area contributed by atoms with Gasteiger partial charge in [-0.3, -0.25) is 0 Å². The average molecular weight is 210 g/mol. The highest BCUT2D eigenvalue weighted by Crippen LogP contribution is 2.39. The molecule has 0 aromatic carbocycles. The molecule has 0 atom stereocenters. The van der Waals surface area contributed by atoms with Crippen molar-refractivity contribution < 1.29 is 0 Å². The monoisotopic (exact) mass is 210 g/mol. The van der Waals surface area contributed by atoms with Crippen LogP contribution in [0.15, 0.2) is 5.51 Å². The van der Waals surface area contributed by atoms with E-state index in [1.165, 1.54) is 29.8 Å². The molecule has 0 radical (unpaired) electrons. The summed E-state index contributed by atoms with van der Waals surface area (Å²) >= 11 is 1.75. The van der Waals surface area contributed by atoms with Crippen LogP contribution in [0.3, 0.4) is 0 Å². The van der Waals surface area contributed by atoms with Crippen molar-refractivity contribution in [1.29, 1.82) is 0 Å². The van der Waals surface area contributed by atoms with Gasteiger partial charge in [0.15, 0.2) is 0 Å². The predicted octanol–water partition coefficient (Wildman–Crippen LogP) is 2.73. The first-order chi connectivity index (χ1) is 6.70. The quantitative estimate of drug-likeness (QED) is 0.826. The van der Waals surface area contributed by atoms with Gasteiger partial charge in [-0.15, -0.1) is 11.3 Å². The first kappa shape index (κ1) is 10.1. The highest BCUT2D eigenvalue weighted by atomic mass is 32.1. The van der Waals surface area contributed by atoms with E-state index >= 15 is 0 Å². The van der Waals surface area contributed by atoms with Crippen molar-refractivity contribution in [2.24, 2.45) is 5.41 Å². The fourth-order valence-electron chi connectivity index (χ4n) is 1.93. The molecule has 1 aromatic rings. The molecule has 0 amide bonds. The van der Waals surface area contributed by atoms with Gasteiger partial charge in [0.25, 0.3) is 0 Å². The second-order valence-electron chi connectivity index (χ2n) is 4.63. The summed E-state index contributed by atoms with van der Waals surface area (Å²) in [4.78, 5) is 5.63. The van der Waals surface area contributed by atoms with Gasteiger partial charge in [-0.05, 0) is 25.2 Å². The van der Waals surface area contributed by atoms with Crippen molar-refractivity contribution >= 4 is 11.3 Å². The van der Waals surface area contributed by atoms with Crippen molar-refractivity contribution in [1.82, 2.24) is 10.3 Å². The second kappa shape index (κ2) is 3.99. The standard InChI is InChI=1S/C11H18N2S/c1-9-10(14-8-13-9)6-12-7-11(2)4-3-5-11/h8,12H,3-7H2,1-2H3. The molecule has 14 heavy (non-hydrogen) atoms. The van der Waals surface area contributed by atoms with Gasteiger partial charge in [-0.25, -0.2) is 4.98 Å². The lowest BCUT2D eigenvalue weighted by atomic mass is 9.70. The number of rotatable bonds is 4. The Hall–Kier alpha value is -0.410. The van der Waals surface area contributed by atoms with Crippen molar-refractivity contribution in [2.75, 3.05) is 6.54 Å². The average Bonchev–Trinajstić information content (AvgIpc) is 2.49. The maximum absolute atomic E-state index is 4.24. The lowest BCUT2D eigenvalue weighted by molar-refractivity contribution is 0.156. The van der Waals surface area contributed by atoms with E-state index in [0.29, 0.717) is 5.41 Å². The van der Waals surface area contributed by atoms with Gasteiger partial charge >= 0.3 is 0 Å². The largest absolute Gasteiger partial charge is 0.311 e. The van der Waals surface area contributed by atoms with E-state index in [1.54, 1.807) is 11.3 Å². The lowest BCUT2D eigenvalue weighted by Crippen LogP contribution is -2.36. The molecular weight excluding hydrogens is 192 g/mol. The Morgan fingerprint density at radius 2 is 2.36 bits per heavy atom. The minimum atomic E-state index is 0.582. The lowest BCUT2D eigenvalue weighted by Gasteiger charge is -2.38. The molecule has 1 heterocycles. The summed E-state index contributed by atoms with van der Waals surface area (Å²) in [5.74, 6) is 0. The zero-order valence-electron chi connectivity index (χ0n) is 8.97. The van der Waals surface area contributed by atoms with Gasteiger partial charge in [0.05, 0.1) is 11.2 Å². The van der Waals surface area contributed by atoms with Crippen LogP contribution >= 0.6 is 11.3 Å². The third kappa shape index (κ3) is 2.15. The van der Waals surface area contributed by atoms with Crippen LogP contribution in [0.5, 0.6) is 0 Å². The van der Waals surface area contributed by atoms with E-state index < -0.39 is 0 Å². The van der Waals surface area contributed by atoms with Crippen LogP contribution in [0.4, 0.5) is 0 Å². The Labute approximate surface area is 89.8 Å². The topological polar surface area (TPSA) is 24.9 Å². The second-order valence-corrected chi connectivity index (χ2v) is 5.57. The first-order valence-electron chi connectivity index (χ1n) is 5.29. The van der Waals surface area contributed by atoms with Crippen LogP contribution in [-0.4, -0.2) is 11.5 Å². The number of nitrogens with one attached hydrogen (secondary N) is 1. The number of aromatic nitrogens is 1. The SMILES string of the molecule is Cc1ncsc1CNCC1(C)CCC1. The van der Waals surface area contributed by atoms with Gasteiger partial charge in [-0.1, -0.05) is 13.3 Å². The Morgan fingerprint density at radius 3 is 2.86 bits per heavy atom. The molecule has 3 heteroatoms. The third-order valence-corrected chi connectivity index (χ3v) is 4.18. The Kier molecular flexibility index (Phi) is 2.88. The molecule has 2 rings (SSSR count). The molecule has 0 spiro atoms. The normalized spacial score (nSPS) is 19.3. The third-order valence-electron chi connectivity index (χ3n) is 3.24. The molecular formula is C11H18N2S. The smallest absolute Gasteiger partial charge is 0.0798 e. The van der Waals surface area contributed by atoms with Crippen LogP contribution in [-0.2, 0) is 6.54 Å². The van der Waals surface area contributed by atoms with Crippen molar-refractivity contribution in [2.45, 2.75) is 39.7 Å². The summed E-state index contributed by atoms with van der Waals surface area (Å²) in [6, 6.07) is 0. The molecule has 1 fully saturated rings. The molecule has 0 saturated heterocycles. The Bertz CT molecular complexity index is 302. The molecule has 78 valence electrons. The fourth-order valence-corrected chi connectivity index (χ4v) is 2.68. The zero-order chi connectivity index (χ0) is 10.0. The van der Waals surface area contributed by atoms with E-state index in [0.717, 1.165) is 13.1 Å². The van der Waals surface area contributed by atoms with Crippen LogP contribution < -0.4 is 5.32 Å². The molecule has 0 unspecified atom stereocenters. The molecule has 1 aliphatic rings. The maximum Gasteiger partial charge on any atom is 0.0798 e. The van der Waals surface area contributed by atoms with Crippen molar-refractivity contribution in [3.63, 3.8) is 0 Å². The predicted molar refractivity (Wildman–Crippen MR) is 60.5 cm³/mol. The van der Waals surface area contributed by atoms with Gasteiger partial charge in [0.1, 0.15) is 0 Å². The molecule has 1 aliphatic carbocycles. The van der Waals surface area contributed by atoms with E-state index in [4.69, 9.17) is 0 Å². The highest BCUT2D eigenvalue weighted by molar-refractivity contribution is 7.09. The van der Waals surface area contributed by atoms with Crippen molar-refractivity contribution in [3.8, 4) is 0 Å². The zero-order valence-corrected chi connectivity index (χ0v) is 9.78. The van der Waals surface area contributed by atoms with Crippen LogP contribution in [0.1, 0.15) is 36.8 Å². The fraction of sp³-hybridized carbons (Fsp3) is 0.727. The molecule has 1 N–H and O–H groups in total. The number of nitrogens with zero attached hydrogens (tertiary/aromatic N) is 1. The van der Waals surface area contributed by atoms with Crippen molar-refractivity contribution in [3.05, 3.63) is 16.1 Å². The van der Waals surface area contributed by atoms with Crippen LogP contribution in [0.2, 0.25) is 0 Å². The van der Waals surface area contributed by atoms with E-state index in [1.807, 2.05) is 5.51 Å². The summed E-state index contributed by atoms with van der Waals surface area (Å²) in [5, 5.41) is 3.54. The number of thiazole rings is 1. The summed E-state index contributed by atoms with van der Waals surface area (Å²) < 4.78 is 0. The summed E-state index contributed by atoms with van der Waals surface area (Å²) in [5.41, 5.74) is 3.69. The summed E-state index contributed by atoms with van der Waals surface area (Å²) in [6.07, 6.45) is 4.20. The molecule has 0 aliphatic heterocycles. The Balaban J connectivity index is 1.75. The number of hydrogen-bond acceptors (Lipinski definition) is 3. The number of hydrogen-bond donors (Lipinski definition) is 1. The number of aryl methyl sites for hydroxylation is 1. The van der Waals surface area contributed by atoms with Crippen LogP contribution in [0.25, 0.3) is 0 Å². The maximum atomic E-state index is 4.24. The molecule has 2 nitrogen and oxygen atoms in total. The minimum Gasteiger partial charge on any atom is -0.311 e. The van der Waals surface area contributed by atoms with Gasteiger partial charge in [0, 0.05) is 18.0 Å². The molecule has 1 saturated carbocycles. The Morgan fingerprint density at radius 1 is 1.57 bits per heavy atom. The van der Waals surface area contributed by atoms with Gasteiger partial charge in [0.2, 0.25) is 0 Å². The van der Waals surface area contributed by atoms with E-state index in [-0.39, 0.29) is 0 Å².